The van der Waals surface area contributed by atoms with Crippen molar-refractivity contribution in [3.63, 3.8) is 0 Å². The lowest BCUT2D eigenvalue weighted by Gasteiger charge is -2.13. The zero-order valence-corrected chi connectivity index (χ0v) is 15.6. The van der Waals surface area contributed by atoms with Crippen LogP contribution < -0.4 is 0 Å². The van der Waals surface area contributed by atoms with Gasteiger partial charge in [0.05, 0.1) is 11.1 Å². The largest absolute Gasteiger partial charge is 0.416 e. The zero-order chi connectivity index (χ0) is 21.8. The number of carbonyl (C=O) groups excluding carboxylic acids is 1. The molecule has 5 nitrogen and oxygen atoms in total. The van der Waals surface area contributed by atoms with Gasteiger partial charge in [0.2, 0.25) is 5.91 Å². The molecule has 0 spiro atoms. The Morgan fingerprint density at radius 3 is 2.21 bits per heavy atom. The van der Waals surface area contributed by atoms with Crippen LogP contribution in [-0.4, -0.2) is 39.2 Å². The maximum Gasteiger partial charge on any atom is 0.416 e. The fourth-order valence-corrected chi connectivity index (χ4v) is 2.34. The van der Waals surface area contributed by atoms with Crippen molar-refractivity contribution >= 4 is 12.1 Å². The van der Waals surface area contributed by atoms with E-state index in [1.165, 1.54) is 17.2 Å². The molecule has 1 aromatic heterocycles. The first-order valence-electron chi connectivity index (χ1n) is 8.56. The summed E-state index contributed by atoms with van der Waals surface area (Å²) in [6, 6.07) is 1.12. The van der Waals surface area contributed by atoms with Gasteiger partial charge in [-0.15, -0.1) is 5.10 Å². The van der Waals surface area contributed by atoms with Gasteiger partial charge >= 0.3 is 12.4 Å². The first-order chi connectivity index (χ1) is 13.4. The van der Waals surface area contributed by atoms with Crippen LogP contribution in [0.5, 0.6) is 0 Å². The standard InChI is InChI=1S/C18H18F6N4O/c1-3-4-6-27(2)15(29)5-7-28-11-25-16(26-28)12-8-13(17(19,20)21)10-14(9-12)18(22,23)24/h5,7-11H,3-4,6H2,1-2H3/b7-5-. The summed E-state index contributed by atoms with van der Waals surface area (Å²) in [6.45, 7) is 2.52. The molecule has 1 amide bonds. The number of hydrogen-bond donors (Lipinski definition) is 0. The highest BCUT2D eigenvalue weighted by Gasteiger charge is 2.37. The second kappa shape index (κ2) is 8.66. The van der Waals surface area contributed by atoms with Crippen molar-refractivity contribution in [1.82, 2.24) is 19.7 Å². The van der Waals surface area contributed by atoms with Gasteiger partial charge < -0.3 is 4.90 Å². The van der Waals surface area contributed by atoms with Gasteiger partial charge in [-0.1, -0.05) is 13.3 Å². The van der Waals surface area contributed by atoms with Crippen molar-refractivity contribution in [2.75, 3.05) is 13.6 Å². The maximum atomic E-state index is 13.0. The van der Waals surface area contributed by atoms with E-state index in [2.05, 4.69) is 10.1 Å². The quantitative estimate of drug-likeness (QED) is 0.502. The van der Waals surface area contributed by atoms with E-state index in [0.29, 0.717) is 18.7 Å². The number of unbranched alkanes of at least 4 members (excludes halogenated alkanes) is 1. The van der Waals surface area contributed by atoms with Crippen LogP contribution in [0.2, 0.25) is 0 Å². The second-order valence-corrected chi connectivity index (χ2v) is 6.27. The van der Waals surface area contributed by atoms with Crippen molar-refractivity contribution in [2.45, 2.75) is 32.1 Å². The number of benzene rings is 1. The highest BCUT2D eigenvalue weighted by molar-refractivity contribution is 5.89. The first-order valence-corrected chi connectivity index (χ1v) is 8.56. The third-order valence-corrected chi connectivity index (χ3v) is 3.95. The minimum atomic E-state index is -4.96. The SMILES string of the molecule is CCCCN(C)C(=O)/C=C\n1cnc(-c2cc(C(F)(F)F)cc(C(F)(F)F)c2)n1. The molecule has 0 aliphatic rings. The Balaban J connectivity index is 2.30. The molecule has 2 aromatic rings. The van der Waals surface area contributed by atoms with Crippen molar-refractivity contribution in [2.24, 2.45) is 0 Å². The molecule has 0 atom stereocenters. The van der Waals surface area contributed by atoms with Crippen LogP contribution in [0.15, 0.2) is 30.6 Å². The molecular weight excluding hydrogens is 402 g/mol. The summed E-state index contributed by atoms with van der Waals surface area (Å²) in [5, 5.41) is 3.83. The molecule has 0 fully saturated rings. The summed E-state index contributed by atoms with van der Waals surface area (Å²) >= 11 is 0. The number of hydrogen-bond acceptors (Lipinski definition) is 3. The van der Waals surface area contributed by atoms with E-state index in [4.69, 9.17) is 0 Å². The molecule has 0 saturated heterocycles. The number of carbonyl (C=O) groups is 1. The number of likely N-dealkylation sites (N-methyl/N-ethyl adjacent to an activating group) is 1. The number of alkyl halides is 6. The van der Waals surface area contributed by atoms with Crippen LogP contribution in [0.25, 0.3) is 17.6 Å². The van der Waals surface area contributed by atoms with E-state index in [-0.39, 0.29) is 17.8 Å². The van der Waals surface area contributed by atoms with Gasteiger partial charge in [-0.3, -0.25) is 4.79 Å². The van der Waals surface area contributed by atoms with Crippen LogP contribution >= 0.6 is 0 Å². The van der Waals surface area contributed by atoms with Crippen molar-refractivity contribution in [3.8, 4) is 11.4 Å². The Morgan fingerprint density at radius 1 is 1.10 bits per heavy atom. The fraction of sp³-hybridized carbons (Fsp3) is 0.389. The third kappa shape index (κ3) is 6.06. The normalized spacial score (nSPS) is 12.6. The van der Waals surface area contributed by atoms with Crippen molar-refractivity contribution in [3.05, 3.63) is 41.7 Å². The maximum absolute atomic E-state index is 13.0. The summed E-state index contributed by atoms with van der Waals surface area (Å²) in [5.74, 6) is -0.660. The number of rotatable bonds is 6. The topological polar surface area (TPSA) is 51.0 Å². The molecule has 0 N–H and O–H groups in total. The van der Waals surface area contributed by atoms with Gasteiger partial charge in [0, 0.05) is 31.4 Å². The average molecular weight is 420 g/mol. The molecular formula is C18H18F6N4O. The lowest BCUT2D eigenvalue weighted by molar-refractivity contribution is -0.143. The molecule has 0 bridgehead atoms. The van der Waals surface area contributed by atoms with E-state index in [1.54, 1.807) is 7.05 Å². The van der Waals surface area contributed by atoms with Crippen LogP contribution in [0, 0.1) is 0 Å². The number of halogens is 6. The molecule has 1 aromatic carbocycles. The number of nitrogens with zero attached hydrogens (tertiary/aromatic N) is 4. The minimum Gasteiger partial charge on any atom is -0.342 e. The van der Waals surface area contributed by atoms with Crippen LogP contribution in [0.3, 0.4) is 0 Å². The molecule has 0 saturated carbocycles. The molecule has 158 valence electrons. The molecule has 0 radical (unpaired) electrons. The summed E-state index contributed by atoms with van der Waals surface area (Å²) in [6.07, 6.45) is -4.72. The monoisotopic (exact) mass is 420 g/mol. The molecule has 1 heterocycles. The van der Waals surface area contributed by atoms with Gasteiger partial charge in [-0.05, 0) is 24.6 Å². The van der Waals surface area contributed by atoms with E-state index in [1.807, 2.05) is 6.92 Å². The van der Waals surface area contributed by atoms with Gasteiger partial charge in [-0.2, -0.15) is 26.3 Å². The molecule has 0 aliphatic heterocycles. The molecule has 0 aliphatic carbocycles. The third-order valence-electron chi connectivity index (χ3n) is 3.95. The predicted octanol–water partition coefficient (Wildman–Crippen LogP) is 4.71. The Labute approximate surface area is 162 Å². The Hall–Kier alpha value is -2.85. The lowest BCUT2D eigenvalue weighted by Crippen LogP contribution is -2.25. The molecule has 11 heteroatoms. The Kier molecular flexibility index (Phi) is 6.70. The highest BCUT2D eigenvalue weighted by Crippen LogP contribution is 2.37. The summed E-state index contributed by atoms with van der Waals surface area (Å²) in [4.78, 5) is 17.2. The predicted molar refractivity (Wildman–Crippen MR) is 93.3 cm³/mol. The van der Waals surface area contributed by atoms with Gasteiger partial charge in [-0.25, -0.2) is 9.67 Å². The van der Waals surface area contributed by atoms with Crippen molar-refractivity contribution < 1.29 is 31.1 Å². The van der Waals surface area contributed by atoms with E-state index < -0.39 is 29.0 Å². The average Bonchev–Trinajstić information content (AvgIpc) is 3.11. The van der Waals surface area contributed by atoms with Gasteiger partial charge in [0.1, 0.15) is 6.33 Å². The van der Waals surface area contributed by atoms with E-state index in [9.17, 15) is 31.1 Å². The van der Waals surface area contributed by atoms with Crippen LogP contribution in [0.4, 0.5) is 26.3 Å². The first kappa shape index (κ1) is 22.4. The Morgan fingerprint density at radius 2 is 1.69 bits per heavy atom. The second-order valence-electron chi connectivity index (χ2n) is 6.27. The van der Waals surface area contributed by atoms with Gasteiger partial charge in [0.25, 0.3) is 0 Å². The summed E-state index contributed by atoms with van der Waals surface area (Å²) in [7, 11) is 1.61. The van der Waals surface area contributed by atoms with Crippen LogP contribution in [0.1, 0.15) is 30.9 Å². The van der Waals surface area contributed by atoms with Crippen molar-refractivity contribution in [1.29, 1.82) is 0 Å². The van der Waals surface area contributed by atoms with E-state index in [0.717, 1.165) is 23.9 Å². The summed E-state index contributed by atoms with van der Waals surface area (Å²) < 4.78 is 78.8. The lowest BCUT2D eigenvalue weighted by atomic mass is 10.0. The van der Waals surface area contributed by atoms with Crippen LogP contribution in [-0.2, 0) is 17.1 Å². The summed E-state index contributed by atoms with van der Waals surface area (Å²) in [5.41, 5.74) is -3.35. The highest BCUT2D eigenvalue weighted by atomic mass is 19.4. The Bertz CT molecular complexity index is 853. The smallest absolute Gasteiger partial charge is 0.342 e. The zero-order valence-electron chi connectivity index (χ0n) is 15.6. The minimum absolute atomic E-state index is 0.0329. The molecule has 29 heavy (non-hydrogen) atoms. The molecule has 0 unspecified atom stereocenters. The van der Waals surface area contributed by atoms with Gasteiger partial charge in [0.15, 0.2) is 5.82 Å². The van der Waals surface area contributed by atoms with E-state index >= 15 is 0 Å². The number of amides is 1. The molecule has 2 rings (SSSR count). The fourth-order valence-electron chi connectivity index (χ4n) is 2.34. The number of aromatic nitrogens is 3.